The van der Waals surface area contributed by atoms with E-state index in [1.165, 1.54) is 45.5 Å². The number of hydrogen-bond donors (Lipinski definition) is 1. The van der Waals surface area contributed by atoms with E-state index in [4.69, 9.17) is 54.6 Å². The first-order chi connectivity index (χ1) is 31.9. The van der Waals surface area contributed by atoms with E-state index in [0.29, 0.717) is 37.2 Å². The van der Waals surface area contributed by atoms with Crippen molar-refractivity contribution in [1.82, 2.24) is 0 Å². The molecule has 8 aliphatic rings. The van der Waals surface area contributed by atoms with Crippen LogP contribution in [0.2, 0.25) is 0 Å². The summed E-state index contributed by atoms with van der Waals surface area (Å²) in [5, 5.41) is 22.8. The summed E-state index contributed by atoms with van der Waals surface area (Å²) in [5.41, 5.74) is 0.404. The number of aliphatic hydroxyl groups excluding tert-OH is 1. The molecule has 12 rings (SSSR count). The number of Topliss-reactive ketones (excluding diaryl/α,β-unsaturated/α-hetero) is 4. The Balaban J connectivity index is 0.000000145. The molecule has 0 unspecified atom stereocenters. The zero-order valence-electron chi connectivity index (χ0n) is 37.4. The van der Waals surface area contributed by atoms with Crippen LogP contribution in [0.25, 0.3) is 0 Å². The summed E-state index contributed by atoms with van der Waals surface area (Å²) in [6.45, 7) is 7.96. The van der Waals surface area contributed by atoms with E-state index in [9.17, 15) is 50.6 Å². The van der Waals surface area contributed by atoms with Crippen molar-refractivity contribution in [3.05, 3.63) is 87.0 Å². The molecule has 372 valence electrons. The van der Waals surface area contributed by atoms with Crippen LogP contribution in [0.5, 0.6) is 0 Å². The molecule has 14 nitrogen and oxygen atoms in total. The van der Waals surface area contributed by atoms with Crippen LogP contribution < -0.4 is 56.5 Å². The number of fused-ring (bicyclic) bond motifs is 8. The maximum absolute atomic E-state index is 14.9. The number of carbonyl (C=O) groups is 4. The first-order valence-electron chi connectivity index (χ1n) is 20.6. The molecular formula is C43H42ClF6KO14S4. The van der Waals surface area contributed by atoms with Crippen molar-refractivity contribution in [3.8, 4) is 0 Å². The summed E-state index contributed by atoms with van der Waals surface area (Å²) in [6, 6.07) is 6.24. The Labute approximate surface area is 453 Å². The Morgan fingerprint density at radius 1 is 0.623 bits per heavy atom. The number of thiophene rings is 4. The Morgan fingerprint density at radius 3 is 1.48 bits per heavy atom. The third-order valence-corrected chi connectivity index (χ3v) is 14.7. The van der Waals surface area contributed by atoms with Crippen molar-refractivity contribution < 1.29 is 145 Å². The van der Waals surface area contributed by atoms with Gasteiger partial charge < -0.3 is 48.1 Å². The van der Waals surface area contributed by atoms with Crippen molar-refractivity contribution in [2.75, 3.05) is 65.3 Å². The van der Waals surface area contributed by atoms with E-state index in [0.717, 1.165) is 16.2 Å². The summed E-state index contributed by atoms with van der Waals surface area (Å²) in [5.74, 6) is -21.2. The van der Waals surface area contributed by atoms with E-state index in [1.54, 1.807) is 49.7 Å². The number of alkyl halides is 7. The molecule has 4 spiro atoms. The molecule has 0 radical (unpaired) electrons. The molecule has 0 atom stereocenters. The molecule has 69 heavy (non-hydrogen) atoms. The van der Waals surface area contributed by atoms with Gasteiger partial charge in [0, 0.05) is 33.0 Å². The van der Waals surface area contributed by atoms with E-state index in [1.807, 2.05) is 6.92 Å². The normalized spacial score (nSPS) is 23.1. The topological polar surface area (TPSA) is 185 Å². The Bertz CT molecular complexity index is 2360. The van der Waals surface area contributed by atoms with Gasteiger partial charge in [-0.05, 0) is 47.3 Å². The molecule has 4 aromatic heterocycles. The van der Waals surface area contributed by atoms with Crippen molar-refractivity contribution >= 4 is 80.1 Å². The van der Waals surface area contributed by atoms with Crippen molar-refractivity contribution in [1.29, 1.82) is 0 Å². The molecule has 8 heterocycles. The second kappa shape index (κ2) is 21.4. The molecule has 0 amide bonds. The van der Waals surface area contributed by atoms with Gasteiger partial charge in [-0.2, -0.15) is 26.3 Å². The fraction of sp³-hybridized carbons (Fsp3) is 0.535. The van der Waals surface area contributed by atoms with Crippen LogP contribution in [0, 0.1) is 6.92 Å². The SMILES string of the molecule is CC(C)(C)[O-].Cc1cc2c(s1)C1(OCCO1)C(F)(F)C21OCCO1.FC1(F)C2(OCCO2)c2ccsc2C12OCCO2.O=C1CC(=O)c2sccc21.O=C1c2ccsc2C(=O)C1(F)F.OCCCl.[K+]. The van der Waals surface area contributed by atoms with Gasteiger partial charge in [-0.25, -0.2) is 0 Å². The molecule has 4 saturated heterocycles. The number of aliphatic hydroxyl groups is 1. The van der Waals surface area contributed by atoms with Crippen molar-refractivity contribution in [2.24, 2.45) is 0 Å². The number of ketones is 4. The van der Waals surface area contributed by atoms with Gasteiger partial charge in [0.1, 0.15) is 0 Å². The molecular weight excluding hydrogens is 1060 g/mol. The molecule has 4 aromatic rings. The van der Waals surface area contributed by atoms with Crippen LogP contribution in [-0.4, -0.2) is 117 Å². The van der Waals surface area contributed by atoms with Crippen LogP contribution in [0.1, 0.15) is 93.0 Å². The minimum absolute atomic E-state index is 0. The molecule has 4 aliphatic heterocycles. The van der Waals surface area contributed by atoms with E-state index < -0.39 is 58.1 Å². The monoisotopic (exact) mass is 1100 g/mol. The fourth-order valence-corrected chi connectivity index (χ4v) is 11.9. The van der Waals surface area contributed by atoms with Gasteiger partial charge in [0.25, 0.3) is 28.9 Å². The van der Waals surface area contributed by atoms with Crippen molar-refractivity contribution in [2.45, 2.75) is 80.6 Å². The number of hydrogen-bond acceptors (Lipinski definition) is 18. The minimum atomic E-state index is -3.82. The maximum atomic E-state index is 14.9. The van der Waals surface area contributed by atoms with Gasteiger partial charge in [0.2, 0.25) is 5.78 Å². The third-order valence-electron chi connectivity index (χ3n) is 10.6. The number of rotatable bonds is 1. The number of halogens is 7. The summed E-state index contributed by atoms with van der Waals surface area (Å²) in [4.78, 5) is 45.7. The fourth-order valence-electron chi connectivity index (χ4n) is 7.98. The summed E-state index contributed by atoms with van der Waals surface area (Å²) in [7, 11) is 0. The Kier molecular flexibility index (Phi) is 17.7. The predicted octanol–water partition coefficient (Wildman–Crippen LogP) is 4.55. The average Bonchev–Trinajstić information content (AvgIpc) is 4.13. The first kappa shape index (κ1) is 56.9. The zero-order valence-corrected chi connectivity index (χ0v) is 44.5. The quantitative estimate of drug-likeness (QED) is 0.121. The maximum Gasteiger partial charge on any atom is 1.00 e. The van der Waals surface area contributed by atoms with Crippen molar-refractivity contribution in [3.63, 3.8) is 0 Å². The molecule has 0 saturated carbocycles. The molecule has 4 fully saturated rings. The Morgan fingerprint density at radius 2 is 1.03 bits per heavy atom. The molecule has 0 bridgehead atoms. The second-order valence-electron chi connectivity index (χ2n) is 16.3. The Hall–Kier alpha value is -1.41. The van der Waals surface area contributed by atoms with Gasteiger partial charge in [-0.1, -0.05) is 20.8 Å². The number of aryl methyl sites for hydroxylation is 1. The van der Waals surface area contributed by atoms with Crippen LogP contribution in [0.4, 0.5) is 26.3 Å². The minimum Gasteiger partial charge on any atom is -0.850 e. The van der Waals surface area contributed by atoms with Gasteiger partial charge in [0.05, 0.1) is 85.4 Å². The first-order valence-corrected chi connectivity index (χ1v) is 24.5. The summed E-state index contributed by atoms with van der Waals surface area (Å²) >= 11 is 9.59. The second-order valence-corrected chi connectivity index (χ2v) is 20.7. The van der Waals surface area contributed by atoms with Gasteiger partial charge >= 0.3 is 69.2 Å². The molecule has 26 heteroatoms. The van der Waals surface area contributed by atoms with E-state index in [2.05, 4.69) is 0 Å². The van der Waals surface area contributed by atoms with Crippen LogP contribution >= 0.6 is 56.9 Å². The average molecular weight is 1100 g/mol. The van der Waals surface area contributed by atoms with Crippen LogP contribution in [0.15, 0.2) is 40.4 Å². The predicted molar refractivity (Wildman–Crippen MR) is 231 cm³/mol. The summed E-state index contributed by atoms with van der Waals surface area (Å²) in [6.07, 6.45) is 0.0853. The molecule has 0 aromatic carbocycles. The zero-order chi connectivity index (χ0) is 49.7. The standard InChI is InChI=1S/C12H12F2O4S.C11H10F2O4S.C7H2F2O2S.C7H4O2S.C4H9O.C2H5ClO.K/c1-7-6-8-9(19-7)11(17-4-5-18-11)12(13,14)10(8)15-2-3-16-10;12-11(13)9(14-2-3-15-9)7-1-6-18-8(7)10(11)16-4-5-17-10;8-7(9)5(10)3-1-2-12-4(3)6(7)11;8-5-3-6(9)7-4(5)1-2-10-7;1-4(2,3)5;3-1-2-4;/h6H,2-5H2,1H3;1,6H,2-5H2;1-2H;1-2H,3H2;1-3H3;4H,1-2H2;/q;;;;-1;;+1. The van der Waals surface area contributed by atoms with Gasteiger partial charge in [0.15, 0.2) is 11.6 Å². The van der Waals surface area contributed by atoms with Crippen LogP contribution in [-0.2, 0) is 61.0 Å². The largest absolute Gasteiger partial charge is 1.00 e. The van der Waals surface area contributed by atoms with Gasteiger partial charge in [-0.3, -0.25) is 19.2 Å². The smallest absolute Gasteiger partial charge is 0.850 e. The third kappa shape index (κ3) is 9.66. The van der Waals surface area contributed by atoms with Crippen LogP contribution in [0.3, 0.4) is 0 Å². The molecule has 1 N–H and O–H groups in total. The van der Waals surface area contributed by atoms with Gasteiger partial charge in [-0.15, -0.1) is 62.5 Å². The van der Waals surface area contributed by atoms with E-state index in [-0.39, 0.29) is 139 Å². The van der Waals surface area contributed by atoms with E-state index >= 15 is 0 Å². The number of ether oxygens (including phenoxy) is 8. The number of carbonyl (C=O) groups excluding carboxylic acids is 4. The summed E-state index contributed by atoms with van der Waals surface area (Å²) < 4.78 is 127. The molecule has 4 aliphatic carbocycles.